The maximum atomic E-state index is 14.2. The Labute approximate surface area is 229 Å². The number of methoxy groups -OCH3 is 1. The van der Waals surface area contributed by atoms with E-state index in [1.807, 2.05) is 29.2 Å². The minimum Gasteiger partial charge on any atom is -0.500 e. The molecule has 1 saturated heterocycles. The van der Waals surface area contributed by atoms with Crippen molar-refractivity contribution in [3.8, 4) is 0 Å². The lowest BCUT2D eigenvalue weighted by molar-refractivity contribution is -0.145. The molecule has 7 aliphatic rings. The number of carbonyl (C=O) groups excluding carboxylic acids is 2. The van der Waals surface area contributed by atoms with Gasteiger partial charge in [0.2, 0.25) is 20.1 Å². The van der Waals surface area contributed by atoms with E-state index in [0.29, 0.717) is 28.9 Å². The van der Waals surface area contributed by atoms with Crippen molar-refractivity contribution in [3.05, 3.63) is 58.9 Å². The molecule has 1 aromatic carbocycles. The molecule has 5 aliphatic heterocycles. The van der Waals surface area contributed by atoms with E-state index in [1.165, 1.54) is 16.7 Å². The zero-order valence-electron chi connectivity index (χ0n) is 24.0. The summed E-state index contributed by atoms with van der Waals surface area (Å²) in [4.78, 5) is 29.6. The Bertz CT molecular complexity index is 1120. The SMILES string of the molecule is COC1=C[C@@H]2NC(=O)[C@H]1[C@H]1C3=C(C[C@@H](O[Si](C(C)C)(C(C)C)C(C)C)C3)[C@@H]2C(=O)N1CCc1ccccc1. The second kappa shape index (κ2) is 10.3. The molecule has 206 valence electrons. The van der Waals surface area contributed by atoms with Crippen LogP contribution in [0.4, 0.5) is 0 Å². The van der Waals surface area contributed by atoms with Crippen LogP contribution in [0.25, 0.3) is 0 Å². The zero-order valence-corrected chi connectivity index (χ0v) is 25.0. The van der Waals surface area contributed by atoms with E-state index in [9.17, 15) is 9.59 Å². The van der Waals surface area contributed by atoms with Crippen LogP contribution in [0.5, 0.6) is 0 Å². The highest BCUT2D eigenvalue weighted by Gasteiger charge is 2.58. The molecule has 0 spiro atoms. The van der Waals surface area contributed by atoms with E-state index in [4.69, 9.17) is 9.16 Å². The summed E-state index contributed by atoms with van der Waals surface area (Å²) < 4.78 is 13.1. The number of amides is 2. The molecule has 8 rings (SSSR count). The van der Waals surface area contributed by atoms with E-state index in [2.05, 4.69) is 59.0 Å². The number of carbonyl (C=O) groups is 2. The third kappa shape index (κ3) is 4.26. The van der Waals surface area contributed by atoms with Crippen molar-refractivity contribution in [2.24, 2.45) is 11.8 Å². The molecule has 0 saturated carbocycles. The van der Waals surface area contributed by atoms with Crippen molar-refractivity contribution in [1.29, 1.82) is 0 Å². The van der Waals surface area contributed by atoms with Crippen LogP contribution >= 0.6 is 0 Å². The first-order valence-electron chi connectivity index (χ1n) is 14.4. The van der Waals surface area contributed by atoms with Crippen molar-refractivity contribution < 1.29 is 18.8 Å². The standard InChI is InChI=1S/C31H44N2O4Si/c1-18(2)38(19(3)4,20(5)6)37-22-15-23-24(16-22)29-28-26(36-7)17-25(32-30(28)34)27(23)31(35)33(29)14-13-21-11-9-8-10-12-21/h8-12,17-20,22,25,27-29H,13-16H2,1-7H3,(H,32,34)/t22-,25+,27+,28-,29-/m1/s1. The molecule has 1 N–H and O–H groups in total. The Kier molecular flexibility index (Phi) is 7.37. The minimum atomic E-state index is -2.10. The molecule has 4 bridgehead atoms. The van der Waals surface area contributed by atoms with Gasteiger partial charge < -0.3 is 19.4 Å². The number of nitrogens with one attached hydrogen (secondary N) is 1. The second-order valence-corrected chi connectivity index (χ2v) is 17.9. The van der Waals surface area contributed by atoms with E-state index in [1.54, 1.807) is 7.11 Å². The van der Waals surface area contributed by atoms with Gasteiger partial charge in [0.15, 0.2) is 0 Å². The van der Waals surface area contributed by atoms with Crippen molar-refractivity contribution in [1.82, 2.24) is 10.2 Å². The van der Waals surface area contributed by atoms with Crippen LogP contribution in [-0.2, 0) is 25.2 Å². The van der Waals surface area contributed by atoms with Gasteiger partial charge in [0, 0.05) is 6.54 Å². The molecule has 6 nitrogen and oxygen atoms in total. The lowest BCUT2D eigenvalue weighted by atomic mass is 9.71. The fourth-order valence-corrected chi connectivity index (χ4v) is 13.7. The number of rotatable bonds is 9. The molecule has 0 radical (unpaired) electrons. The molecule has 0 unspecified atom stereocenters. The first-order valence-corrected chi connectivity index (χ1v) is 16.5. The van der Waals surface area contributed by atoms with E-state index >= 15 is 0 Å². The molecule has 1 aromatic rings. The lowest BCUT2D eigenvalue weighted by Gasteiger charge is -2.50. The predicted molar refractivity (Wildman–Crippen MR) is 152 cm³/mol. The van der Waals surface area contributed by atoms with Crippen LogP contribution in [0.1, 0.15) is 59.9 Å². The monoisotopic (exact) mass is 536 g/mol. The first-order chi connectivity index (χ1) is 18.1. The average molecular weight is 537 g/mol. The maximum Gasteiger partial charge on any atom is 0.233 e. The Balaban J connectivity index is 1.51. The summed E-state index contributed by atoms with van der Waals surface area (Å²) in [6.45, 7) is 14.5. The van der Waals surface area contributed by atoms with Gasteiger partial charge in [-0.1, -0.05) is 77.4 Å². The molecule has 7 heteroatoms. The van der Waals surface area contributed by atoms with Gasteiger partial charge in [-0.15, -0.1) is 0 Å². The Morgan fingerprint density at radius 2 is 1.58 bits per heavy atom. The molecule has 0 aromatic heterocycles. The molecule has 5 atom stereocenters. The fraction of sp³-hybridized carbons (Fsp3) is 0.613. The quantitative estimate of drug-likeness (QED) is 0.341. The number of hydrogen-bond acceptors (Lipinski definition) is 4. The summed E-state index contributed by atoms with van der Waals surface area (Å²) in [5, 5.41) is 3.16. The van der Waals surface area contributed by atoms with Crippen molar-refractivity contribution in [2.75, 3.05) is 13.7 Å². The van der Waals surface area contributed by atoms with E-state index in [0.717, 1.165) is 19.3 Å². The van der Waals surface area contributed by atoms with Crippen LogP contribution in [-0.4, -0.2) is 56.9 Å². The number of nitrogens with zero attached hydrogens (tertiary/aromatic N) is 1. The largest absolute Gasteiger partial charge is 0.500 e. The summed E-state index contributed by atoms with van der Waals surface area (Å²) in [6, 6.07) is 9.57. The zero-order chi connectivity index (χ0) is 27.4. The molecule has 5 heterocycles. The summed E-state index contributed by atoms with van der Waals surface area (Å²) in [5.74, 6) is -0.130. The van der Waals surface area contributed by atoms with E-state index in [-0.39, 0.29) is 30.0 Å². The van der Waals surface area contributed by atoms with Gasteiger partial charge in [-0.25, -0.2) is 0 Å². The summed E-state index contributed by atoms with van der Waals surface area (Å²) in [5.41, 5.74) is 5.13. The fourth-order valence-electron chi connectivity index (χ4n) is 8.17. The molecule has 1 fully saturated rings. The number of hydrogen-bond donors (Lipinski definition) is 1. The summed E-state index contributed by atoms with van der Waals surface area (Å²) >= 11 is 0. The first kappa shape index (κ1) is 27.2. The van der Waals surface area contributed by atoms with Crippen molar-refractivity contribution in [3.63, 3.8) is 0 Å². The van der Waals surface area contributed by atoms with Crippen LogP contribution < -0.4 is 5.32 Å². The van der Waals surface area contributed by atoms with Gasteiger partial charge in [-0.05, 0) is 53.1 Å². The van der Waals surface area contributed by atoms with Gasteiger partial charge in [-0.2, -0.15) is 0 Å². The lowest BCUT2D eigenvalue weighted by Crippen LogP contribution is -2.65. The van der Waals surface area contributed by atoms with Crippen molar-refractivity contribution >= 4 is 20.1 Å². The van der Waals surface area contributed by atoms with Crippen LogP contribution in [0.2, 0.25) is 16.6 Å². The summed E-state index contributed by atoms with van der Waals surface area (Å²) in [7, 11) is -0.454. The maximum absolute atomic E-state index is 14.2. The topological polar surface area (TPSA) is 67.9 Å². The number of benzene rings is 1. The molecular formula is C31H44N2O4Si. The van der Waals surface area contributed by atoms with Crippen LogP contribution in [0, 0.1) is 11.8 Å². The molecule has 38 heavy (non-hydrogen) atoms. The van der Waals surface area contributed by atoms with E-state index < -0.39 is 20.2 Å². The van der Waals surface area contributed by atoms with Gasteiger partial charge in [0.25, 0.3) is 0 Å². The Morgan fingerprint density at radius 3 is 2.18 bits per heavy atom. The molecular weight excluding hydrogens is 492 g/mol. The van der Waals surface area contributed by atoms with Gasteiger partial charge in [-0.3, -0.25) is 9.59 Å². The van der Waals surface area contributed by atoms with Crippen LogP contribution in [0.3, 0.4) is 0 Å². The highest BCUT2D eigenvalue weighted by molar-refractivity contribution is 6.77. The smallest absolute Gasteiger partial charge is 0.233 e. The summed E-state index contributed by atoms with van der Waals surface area (Å²) in [6.07, 6.45) is 4.38. The predicted octanol–water partition coefficient (Wildman–Crippen LogP) is 5.37. The Morgan fingerprint density at radius 1 is 0.947 bits per heavy atom. The highest BCUT2D eigenvalue weighted by Crippen LogP contribution is 2.52. The van der Waals surface area contributed by atoms with Crippen molar-refractivity contribution in [2.45, 2.75) is 95.6 Å². The van der Waals surface area contributed by atoms with Gasteiger partial charge >= 0.3 is 0 Å². The molecule has 2 amide bonds. The second-order valence-electron chi connectivity index (χ2n) is 12.5. The van der Waals surface area contributed by atoms with Gasteiger partial charge in [0.1, 0.15) is 11.7 Å². The third-order valence-electron chi connectivity index (χ3n) is 9.64. The number of ether oxygens (including phenoxy) is 1. The third-order valence-corrected chi connectivity index (χ3v) is 15.8. The normalized spacial score (nSPS) is 28.7. The van der Waals surface area contributed by atoms with Crippen LogP contribution in [0.15, 0.2) is 53.3 Å². The Hall–Kier alpha value is -2.38. The highest BCUT2D eigenvalue weighted by atomic mass is 28.4. The minimum absolute atomic E-state index is 0.0345. The molecule has 2 aliphatic carbocycles. The average Bonchev–Trinajstić information content (AvgIpc) is 3.26. The van der Waals surface area contributed by atoms with Gasteiger partial charge in [0.05, 0.1) is 31.2 Å².